The normalized spacial score (nSPS) is 12.8. The fourth-order valence-electron chi connectivity index (χ4n) is 2.28. The molecule has 0 saturated heterocycles. The minimum Gasteiger partial charge on any atom is -0.426 e. The van der Waals surface area contributed by atoms with Crippen molar-refractivity contribution in [3.63, 3.8) is 0 Å². The minimum atomic E-state index is -0.298. The summed E-state index contributed by atoms with van der Waals surface area (Å²) in [5.74, 6) is 0.549. The van der Waals surface area contributed by atoms with Crippen LogP contribution in [0.15, 0.2) is 66.7 Å². The summed E-state index contributed by atoms with van der Waals surface area (Å²) in [6.45, 7) is 3.56. The van der Waals surface area contributed by atoms with Gasteiger partial charge in [0.25, 0.3) is 0 Å². The summed E-state index contributed by atoms with van der Waals surface area (Å²) in [7, 11) is 0. The molecule has 0 saturated carbocycles. The van der Waals surface area contributed by atoms with Crippen LogP contribution in [0.4, 0.5) is 0 Å². The summed E-state index contributed by atoms with van der Waals surface area (Å²) in [4.78, 5) is 11.4. The molecule has 0 aliphatic heterocycles. The third-order valence-electron chi connectivity index (χ3n) is 3.33. The molecule has 0 aliphatic rings. The Kier molecular flexibility index (Phi) is 5.33. The van der Waals surface area contributed by atoms with Gasteiger partial charge in [0.15, 0.2) is 0 Å². The highest BCUT2D eigenvalue weighted by Gasteiger charge is 2.11. The number of hydrogen-bond acceptors (Lipinski definition) is 2. The largest absolute Gasteiger partial charge is 0.426 e. The van der Waals surface area contributed by atoms with Crippen LogP contribution in [-0.4, -0.2) is 5.97 Å². The average Bonchev–Trinajstić information content (AvgIpc) is 2.52. The molecule has 0 fully saturated rings. The zero-order chi connectivity index (χ0) is 15.1. The molecule has 21 heavy (non-hydrogen) atoms. The van der Waals surface area contributed by atoms with Gasteiger partial charge in [0.05, 0.1) is 0 Å². The summed E-state index contributed by atoms with van der Waals surface area (Å²) < 4.78 is 5.41. The van der Waals surface area contributed by atoms with E-state index in [2.05, 4.69) is 19.1 Å². The van der Waals surface area contributed by atoms with Gasteiger partial charge in [-0.25, -0.2) is 0 Å². The van der Waals surface area contributed by atoms with Crippen molar-refractivity contribution in [2.24, 2.45) is 0 Å². The lowest BCUT2D eigenvalue weighted by Crippen LogP contribution is -2.02. The van der Waals surface area contributed by atoms with E-state index < -0.39 is 0 Å². The molecule has 0 heterocycles. The van der Waals surface area contributed by atoms with Crippen LogP contribution in [0.2, 0.25) is 0 Å². The Morgan fingerprint density at radius 2 is 1.62 bits per heavy atom. The molecule has 2 aromatic carbocycles. The molecule has 0 unspecified atom stereocenters. The lowest BCUT2D eigenvalue weighted by Gasteiger charge is -2.14. The van der Waals surface area contributed by atoms with Crippen LogP contribution in [0.1, 0.15) is 37.3 Å². The number of esters is 1. The van der Waals surface area contributed by atoms with Crippen LogP contribution in [0, 0.1) is 0 Å². The first-order valence-electron chi connectivity index (χ1n) is 7.21. The van der Waals surface area contributed by atoms with Crippen LogP contribution >= 0.6 is 0 Å². The molecular formula is C19H20O2. The second-order valence-corrected chi connectivity index (χ2v) is 4.92. The van der Waals surface area contributed by atoms with Gasteiger partial charge in [-0.3, -0.25) is 4.79 Å². The molecule has 0 radical (unpaired) electrons. The lowest BCUT2D eigenvalue weighted by atomic mass is 9.94. The van der Waals surface area contributed by atoms with Gasteiger partial charge in [0.1, 0.15) is 5.76 Å². The number of benzene rings is 2. The third kappa shape index (κ3) is 4.32. The zero-order valence-electron chi connectivity index (χ0n) is 12.5. The average molecular weight is 280 g/mol. The smallest absolute Gasteiger partial charge is 0.308 e. The maximum Gasteiger partial charge on any atom is 0.308 e. The van der Waals surface area contributed by atoms with Crippen molar-refractivity contribution in [3.8, 4) is 0 Å². The van der Waals surface area contributed by atoms with Crippen LogP contribution < -0.4 is 0 Å². The molecule has 0 N–H and O–H groups in total. The first-order valence-corrected chi connectivity index (χ1v) is 7.21. The van der Waals surface area contributed by atoms with Crippen molar-refractivity contribution in [1.29, 1.82) is 0 Å². The van der Waals surface area contributed by atoms with Gasteiger partial charge in [-0.05, 0) is 18.1 Å². The van der Waals surface area contributed by atoms with Gasteiger partial charge in [0, 0.05) is 18.4 Å². The number of carbonyl (C=O) groups is 1. The van der Waals surface area contributed by atoms with Crippen LogP contribution in [0.3, 0.4) is 0 Å². The monoisotopic (exact) mass is 280 g/mol. The Bertz CT molecular complexity index is 600. The van der Waals surface area contributed by atoms with Crippen molar-refractivity contribution >= 4 is 11.7 Å². The van der Waals surface area contributed by atoms with Crippen molar-refractivity contribution in [1.82, 2.24) is 0 Å². The number of carbonyl (C=O) groups excluding carboxylic acids is 1. The molecule has 1 atom stereocenters. The number of hydrogen-bond donors (Lipinski definition) is 0. The molecule has 0 bridgehead atoms. The van der Waals surface area contributed by atoms with Crippen LogP contribution in [-0.2, 0) is 9.53 Å². The predicted octanol–water partition coefficient (Wildman–Crippen LogP) is 4.78. The van der Waals surface area contributed by atoms with E-state index >= 15 is 0 Å². The summed E-state index contributed by atoms with van der Waals surface area (Å²) in [6.07, 6.45) is 2.98. The SMILES string of the molecule is CC[C@H](/C=C(\OC(C)=O)c1ccccc1)c1ccccc1. The summed E-state index contributed by atoms with van der Waals surface area (Å²) in [5.41, 5.74) is 2.14. The number of ether oxygens (including phenoxy) is 1. The molecule has 2 nitrogen and oxygen atoms in total. The Labute approximate surface area is 126 Å². The molecule has 0 aliphatic carbocycles. The Hall–Kier alpha value is -2.35. The summed E-state index contributed by atoms with van der Waals surface area (Å²) >= 11 is 0. The van der Waals surface area contributed by atoms with Gasteiger partial charge in [-0.15, -0.1) is 0 Å². The highest BCUT2D eigenvalue weighted by molar-refractivity contribution is 5.76. The van der Waals surface area contributed by atoms with Gasteiger partial charge in [-0.2, -0.15) is 0 Å². The second kappa shape index (κ2) is 7.44. The van der Waals surface area contributed by atoms with Gasteiger partial charge in [0.2, 0.25) is 0 Å². The van der Waals surface area contributed by atoms with E-state index in [1.54, 1.807) is 0 Å². The van der Waals surface area contributed by atoms with Gasteiger partial charge >= 0.3 is 5.97 Å². The quantitative estimate of drug-likeness (QED) is 0.581. The molecule has 0 aromatic heterocycles. The molecule has 2 aromatic rings. The van der Waals surface area contributed by atoms with E-state index in [9.17, 15) is 4.79 Å². The highest BCUT2D eigenvalue weighted by atomic mass is 16.5. The van der Waals surface area contributed by atoms with Crippen molar-refractivity contribution in [3.05, 3.63) is 77.9 Å². The first-order chi connectivity index (χ1) is 10.2. The lowest BCUT2D eigenvalue weighted by molar-refractivity contribution is -0.134. The molecule has 108 valence electrons. The molecule has 0 spiro atoms. The van der Waals surface area contributed by atoms with E-state index in [0.717, 1.165) is 12.0 Å². The van der Waals surface area contributed by atoms with E-state index in [1.165, 1.54) is 12.5 Å². The minimum absolute atomic E-state index is 0.223. The van der Waals surface area contributed by atoms with Crippen molar-refractivity contribution in [2.75, 3.05) is 0 Å². The fourth-order valence-corrected chi connectivity index (χ4v) is 2.28. The number of allylic oxidation sites excluding steroid dienone is 1. The van der Waals surface area contributed by atoms with Crippen molar-refractivity contribution < 1.29 is 9.53 Å². The molecule has 0 amide bonds. The Morgan fingerprint density at radius 3 is 2.14 bits per heavy atom. The second-order valence-electron chi connectivity index (χ2n) is 4.92. The summed E-state index contributed by atoms with van der Waals surface area (Å²) in [5, 5.41) is 0. The maximum absolute atomic E-state index is 11.4. The number of rotatable bonds is 5. The third-order valence-corrected chi connectivity index (χ3v) is 3.33. The molecule has 2 heteroatoms. The van der Waals surface area contributed by atoms with E-state index in [-0.39, 0.29) is 11.9 Å². The predicted molar refractivity (Wildman–Crippen MR) is 85.7 cm³/mol. The van der Waals surface area contributed by atoms with Crippen molar-refractivity contribution in [2.45, 2.75) is 26.2 Å². The van der Waals surface area contributed by atoms with E-state index in [1.807, 2.05) is 54.6 Å². The zero-order valence-corrected chi connectivity index (χ0v) is 12.5. The Balaban J connectivity index is 2.37. The first kappa shape index (κ1) is 15.0. The van der Waals surface area contributed by atoms with E-state index in [4.69, 9.17) is 4.74 Å². The standard InChI is InChI=1S/C19H20O2/c1-3-16(17-10-6-4-7-11-17)14-19(21-15(2)20)18-12-8-5-9-13-18/h4-14,16H,3H2,1-2H3/b19-14-/t16-/m1/s1. The van der Waals surface area contributed by atoms with Crippen LogP contribution in [0.25, 0.3) is 5.76 Å². The van der Waals surface area contributed by atoms with Gasteiger partial charge in [-0.1, -0.05) is 67.6 Å². The van der Waals surface area contributed by atoms with Gasteiger partial charge < -0.3 is 4.74 Å². The fraction of sp³-hybridized carbons (Fsp3) is 0.211. The highest BCUT2D eigenvalue weighted by Crippen LogP contribution is 2.26. The van der Waals surface area contributed by atoms with Crippen LogP contribution in [0.5, 0.6) is 0 Å². The molecular weight excluding hydrogens is 260 g/mol. The topological polar surface area (TPSA) is 26.3 Å². The maximum atomic E-state index is 11.4. The summed E-state index contributed by atoms with van der Waals surface area (Å²) in [6, 6.07) is 20.0. The molecule has 2 rings (SSSR count). The van der Waals surface area contributed by atoms with E-state index in [0.29, 0.717) is 5.76 Å². The Morgan fingerprint density at radius 1 is 1.05 bits per heavy atom.